The predicted octanol–water partition coefficient (Wildman–Crippen LogP) is 2.96. The summed E-state index contributed by atoms with van der Waals surface area (Å²) in [5, 5.41) is 53.9. The van der Waals surface area contributed by atoms with E-state index in [1.165, 1.54) is 16.7 Å². The summed E-state index contributed by atoms with van der Waals surface area (Å²) in [5.74, 6) is 1.54. The maximum atomic E-state index is 12.0. The second-order valence-corrected chi connectivity index (χ2v) is 15.9. The summed E-state index contributed by atoms with van der Waals surface area (Å²) >= 11 is 0. The highest BCUT2D eigenvalue weighted by molar-refractivity contribution is 5.62. The summed E-state index contributed by atoms with van der Waals surface area (Å²) < 4.78 is 18.8. The average molecular weight is 695 g/mol. The predicted molar refractivity (Wildman–Crippen MR) is 190 cm³/mol. The number of hydrogen-bond acceptors (Lipinski definition) is 10. The molecule has 276 valence electrons. The van der Waals surface area contributed by atoms with Crippen LogP contribution in [0, 0.1) is 0 Å². The van der Waals surface area contributed by atoms with Crippen LogP contribution in [0.3, 0.4) is 0 Å². The van der Waals surface area contributed by atoms with Gasteiger partial charge in [0.1, 0.15) is 23.7 Å². The number of hydrogen-bond donors (Lipinski definition) is 5. The van der Waals surface area contributed by atoms with E-state index in [0.29, 0.717) is 19.4 Å². The lowest BCUT2D eigenvalue weighted by Gasteiger charge is -2.63. The Balaban J connectivity index is 0.000000151. The first-order chi connectivity index (χ1) is 23.1. The van der Waals surface area contributed by atoms with Crippen molar-refractivity contribution in [2.45, 2.75) is 145 Å². The Kier molecular flexibility index (Phi) is 8.76. The lowest BCUT2D eigenvalue weighted by Crippen LogP contribution is -2.76. The van der Waals surface area contributed by atoms with Gasteiger partial charge in [-0.1, -0.05) is 39.1 Å². The van der Waals surface area contributed by atoms with Crippen molar-refractivity contribution >= 4 is 0 Å². The smallest absolute Gasteiger partial charge is 0.137 e. The van der Waals surface area contributed by atoms with Gasteiger partial charge in [0.2, 0.25) is 0 Å². The molecule has 2 saturated carbocycles. The average Bonchev–Trinajstić information content (AvgIpc) is 3.62. The van der Waals surface area contributed by atoms with Crippen LogP contribution < -0.4 is 9.47 Å². The van der Waals surface area contributed by atoms with Crippen LogP contribution in [0.25, 0.3) is 0 Å². The molecule has 0 amide bonds. The molecule has 4 aliphatic carbocycles. The Morgan fingerprint density at radius 2 is 1.22 bits per heavy atom. The highest BCUT2D eigenvalue weighted by atomic mass is 16.5. The van der Waals surface area contributed by atoms with Crippen molar-refractivity contribution in [1.82, 2.24) is 9.80 Å². The molecule has 5 N–H and O–H groups in total. The number of rotatable bonds is 4. The lowest BCUT2D eigenvalue weighted by molar-refractivity contribution is -0.211. The summed E-state index contributed by atoms with van der Waals surface area (Å²) in [6, 6.07) is 8.30. The topological polar surface area (TPSA) is 135 Å². The van der Waals surface area contributed by atoms with Gasteiger partial charge in [0.25, 0.3) is 0 Å². The SMILES string of the molecule is C.C.CCO[C@H]1CC[C@@]2(O)C3Cc4ccc(CO)c5c4[C@@]2(CCN3C)C1O5.CN1CC[C@]23c4c5ccc(CO)c4OC2[C@@H](O)CC[C@@]3(O)C1C5. The number of piperidine rings is 2. The maximum absolute atomic E-state index is 12.0. The summed E-state index contributed by atoms with van der Waals surface area (Å²) in [6.45, 7) is 4.40. The fourth-order valence-corrected chi connectivity index (χ4v) is 12.2. The molecule has 10 nitrogen and oxygen atoms in total. The van der Waals surface area contributed by atoms with Gasteiger partial charge >= 0.3 is 0 Å². The minimum absolute atomic E-state index is 0. The largest absolute Gasteiger partial charge is 0.486 e. The van der Waals surface area contributed by atoms with E-state index in [-0.39, 0.29) is 52.4 Å². The number of likely N-dealkylation sites (tertiary alicyclic amines) is 2. The second kappa shape index (κ2) is 12.1. The van der Waals surface area contributed by atoms with Gasteiger partial charge in [0.15, 0.2) is 0 Å². The Bertz CT molecular complexity index is 1650. The number of benzene rings is 2. The van der Waals surface area contributed by atoms with E-state index in [2.05, 4.69) is 36.0 Å². The van der Waals surface area contributed by atoms with E-state index in [1.54, 1.807) is 0 Å². The minimum atomic E-state index is -0.865. The van der Waals surface area contributed by atoms with Crippen LogP contribution >= 0.6 is 0 Å². The number of nitrogens with zero attached hydrogens (tertiary/aromatic N) is 2. The Hall–Kier alpha value is -2.28. The molecular weight excluding hydrogens is 636 g/mol. The van der Waals surface area contributed by atoms with Gasteiger partial charge < -0.3 is 49.5 Å². The molecule has 2 aromatic rings. The van der Waals surface area contributed by atoms with E-state index >= 15 is 0 Å². The molecule has 2 aromatic carbocycles. The fraction of sp³-hybridized carbons (Fsp3) is 0.700. The van der Waals surface area contributed by atoms with Crippen LogP contribution in [0.4, 0.5) is 0 Å². The van der Waals surface area contributed by atoms with Crippen molar-refractivity contribution in [2.24, 2.45) is 0 Å². The zero-order valence-electron chi connectivity index (χ0n) is 28.3. The monoisotopic (exact) mass is 694 g/mol. The molecule has 4 heterocycles. The third-order valence-corrected chi connectivity index (χ3v) is 14.3. The molecule has 0 aromatic heterocycles. The molecular formula is C40H58N2O8. The van der Waals surface area contributed by atoms with Gasteiger partial charge in [-0.3, -0.25) is 0 Å². The van der Waals surface area contributed by atoms with Crippen LogP contribution in [0.2, 0.25) is 0 Å². The second-order valence-electron chi connectivity index (χ2n) is 15.9. The molecule has 2 spiro atoms. The van der Waals surface area contributed by atoms with Crippen LogP contribution in [-0.4, -0.2) is 117 Å². The fourth-order valence-electron chi connectivity index (χ4n) is 12.2. The zero-order valence-corrected chi connectivity index (χ0v) is 28.3. The van der Waals surface area contributed by atoms with Crippen molar-refractivity contribution in [3.8, 4) is 11.5 Å². The summed E-state index contributed by atoms with van der Waals surface area (Å²) in [6.07, 6.45) is 4.90. The molecule has 10 atom stereocenters. The molecule has 4 unspecified atom stereocenters. The third kappa shape index (κ3) is 4.13. The van der Waals surface area contributed by atoms with Gasteiger partial charge in [-0.2, -0.15) is 0 Å². The zero-order chi connectivity index (χ0) is 33.4. The van der Waals surface area contributed by atoms with E-state index in [4.69, 9.17) is 14.2 Å². The summed E-state index contributed by atoms with van der Waals surface area (Å²) in [7, 11) is 4.21. The molecule has 4 aliphatic heterocycles. The van der Waals surface area contributed by atoms with E-state index < -0.39 is 34.2 Å². The highest BCUT2D eigenvalue weighted by Gasteiger charge is 2.74. The van der Waals surface area contributed by atoms with Gasteiger partial charge in [-0.05, 0) is 96.6 Å². The Labute approximate surface area is 297 Å². The van der Waals surface area contributed by atoms with Gasteiger partial charge in [-0.25, -0.2) is 0 Å². The molecule has 4 bridgehead atoms. The van der Waals surface area contributed by atoms with E-state index in [0.717, 1.165) is 79.8 Å². The van der Waals surface area contributed by atoms with Crippen molar-refractivity contribution in [3.63, 3.8) is 0 Å². The molecule has 2 saturated heterocycles. The van der Waals surface area contributed by atoms with Crippen LogP contribution in [-0.2, 0) is 41.6 Å². The van der Waals surface area contributed by atoms with Crippen molar-refractivity contribution in [3.05, 3.63) is 57.6 Å². The first kappa shape index (κ1) is 36.1. The molecule has 8 aliphatic rings. The highest BCUT2D eigenvalue weighted by Crippen LogP contribution is 2.66. The minimum Gasteiger partial charge on any atom is -0.486 e. The molecule has 10 heteroatoms. The normalized spacial score (nSPS) is 40.9. The van der Waals surface area contributed by atoms with Crippen LogP contribution in [0.15, 0.2) is 24.3 Å². The van der Waals surface area contributed by atoms with Gasteiger partial charge in [0.05, 0.1) is 47.5 Å². The summed E-state index contributed by atoms with van der Waals surface area (Å²) in [4.78, 5) is 4.59. The number of ether oxygens (including phenoxy) is 3. The van der Waals surface area contributed by atoms with E-state index in [9.17, 15) is 25.5 Å². The Morgan fingerprint density at radius 1 is 0.740 bits per heavy atom. The number of aliphatic hydroxyl groups is 5. The molecule has 10 rings (SSSR count). The van der Waals surface area contributed by atoms with E-state index in [1.807, 2.05) is 19.1 Å². The summed E-state index contributed by atoms with van der Waals surface area (Å²) in [5.41, 5.74) is 3.72. The van der Waals surface area contributed by atoms with Crippen molar-refractivity contribution in [2.75, 3.05) is 33.8 Å². The standard InChI is InChI=1S/C20H27NO4.C18H23NO4.2CH4/c1-3-24-14-6-7-20(23)15-10-12-4-5-13(11-22)17-16(12)19(20,18(14)25-17)8-9-21(15)2;1-19-7-6-17-14-10-2-3-11(9-20)15(14)23-16(17)12(21)4-5-18(17,22)13(19)8-10;;/h4-5,14-15,18,22-23H,3,6-11H2,1-2H3;2-3,12-13,16,20-22H,4-9H2,1H3;2*1H4/t14-,15?,18?,19-,20+;12-,13?,16?,17-,18+;;/m00../s1. The van der Waals surface area contributed by atoms with Crippen LogP contribution in [0.5, 0.6) is 11.5 Å². The maximum Gasteiger partial charge on any atom is 0.137 e. The first-order valence-corrected chi connectivity index (χ1v) is 18.1. The van der Waals surface area contributed by atoms with Crippen LogP contribution in [0.1, 0.15) is 93.7 Å². The van der Waals surface area contributed by atoms with Crippen molar-refractivity contribution < 1.29 is 39.7 Å². The Morgan fingerprint density at radius 3 is 1.72 bits per heavy atom. The molecule has 50 heavy (non-hydrogen) atoms. The number of likely N-dealkylation sites (N-methyl/N-ethyl adjacent to an activating group) is 2. The van der Waals surface area contributed by atoms with Gasteiger partial charge in [0, 0.05) is 40.9 Å². The quantitative estimate of drug-likeness (QED) is 0.325. The van der Waals surface area contributed by atoms with Gasteiger partial charge in [-0.15, -0.1) is 0 Å². The first-order valence-electron chi connectivity index (χ1n) is 18.1. The lowest BCUT2D eigenvalue weighted by atomic mass is 9.48. The third-order valence-electron chi connectivity index (χ3n) is 14.3. The molecule has 0 radical (unpaired) electrons. The number of aliphatic hydroxyl groups excluding tert-OH is 3. The molecule has 4 fully saturated rings. The van der Waals surface area contributed by atoms with Crippen molar-refractivity contribution in [1.29, 1.82) is 0 Å².